The topological polar surface area (TPSA) is 30.7 Å². The second-order valence-electron chi connectivity index (χ2n) is 2.44. The van der Waals surface area contributed by atoms with Crippen molar-refractivity contribution in [2.75, 3.05) is 0 Å². The van der Waals surface area contributed by atoms with Crippen LogP contribution in [0.2, 0.25) is 5.02 Å². The minimum absolute atomic E-state index is 0.352. The Balaban J connectivity index is 2.57. The first-order valence-corrected chi connectivity index (χ1v) is 3.97. The van der Waals surface area contributed by atoms with Crippen LogP contribution in [-0.2, 0) is 0 Å². The van der Waals surface area contributed by atoms with E-state index in [2.05, 4.69) is 10.3 Å². The highest BCUT2D eigenvalue weighted by Crippen LogP contribution is 2.19. The number of hydrogen-bond donors (Lipinski definition) is 0. The summed E-state index contributed by atoms with van der Waals surface area (Å²) in [4.78, 5) is 0. The van der Waals surface area contributed by atoms with Gasteiger partial charge in [0.15, 0.2) is 0 Å². The number of benzene rings is 1. The van der Waals surface area contributed by atoms with Crippen molar-refractivity contribution in [1.82, 2.24) is 15.0 Å². The van der Waals surface area contributed by atoms with Crippen LogP contribution in [-0.4, -0.2) is 15.0 Å². The van der Waals surface area contributed by atoms with E-state index in [1.807, 2.05) is 0 Å². The van der Waals surface area contributed by atoms with E-state index < -0.39 is 0 Å². The van der Waals surface area contributed by atoms with Crippen LogP contribution in [0.3, 0.4) is 0 Å². The fourth-order valence-electron chi connectivity index (χ4n) is 0.998. The fraction of sp³-hybridized carbons (Fsp3) is 0. The Bertz CT molecular complexity index is 413. The van der Waals surface area contributed by atoms with Crippen molar-refractivity contribution >= 4 is 11.6 Å². The Labute approximate surface area is 78.8 Å². The number of halogens is 2. The quantitative estimate of drug-likeness (QED) is 0.701. The van der Waals surface area contributed by atoms with Crippen molar-refractivity contribution in [2.45, 2.75) is 0 Å². The van der Waals surface area contributed by atoms with Gasteiger partial charge in [-0.15, -0.1) is 5.10 Å². The minimum atomic E-state index is -0.352. The smallest absolute Gasteiger partial charge is 0.125 e. The monoisotopic (exact) mass is 197 g/mol. The average molecular weight is 198 g/mol. The van der Waals surface area contributed by atoms with Gasteiger partial charge in [0.2, 0.25) is 0 Å². The van der Waals surface area contributed by atoms with E-state index in [9.17, 15) is 4.39 Å². The molecule has 5 heteroatoms. The fourth-order valence-corrected chi connectivity index (χ4v) is 1.20. The molecule has 66 valence electrons. The van der Waals surface area contributed by atoms with E-state index in [-0.39, 0.29) is 5.82 Å². The van der Waals surface area contributed by atoms with E-state index in [0.717, 1.165) is 0 Å². The second kappa shape index (κ2) is 3.14. The van der Waals surface area contributed by atoms with Crippen LogP contribution in [0.5, 0.6) is 0 Å². The largest absolute Gasteiger partial charge is 0.219 e. The third kappa shape index (κ3) is 1.53. The number of rotatable bonds is 1. The molecule has 13 heavy (non-hydrogen) atoms. The molecule has 0 bridgehead atoms. The van der Waals surface area contributed by atoms with E-state index in [4.69, 9.17) is 11.6 Å². The Hall–Kier alpha value is -1.42. The number of nitrogens with zero attached hydrogens (tertiary/aromatic N) is 3. The summed E-state index contributed by atoms with van der Waals surface area (Å²) in [6.45, 7) is 0. The van der Waals surface area contributed by atoms with E-state index in [1.165, 1.54) is 29.1 Å². The van der Waals surface area contributed by atoms with Crippen molar-refractivity contribution in [3.05, 3.63) is 41.4 Å². The van der Waals surface area contributed by atoms with Crippen LogP contribution < -0.4 is 0 Å². The maximum atomic E-state index is 12.8. The molecule has 0 saturated heterocycles. The molecule has 2 aromatic rings. The molecule has 3 nitrogen and oxygen atoms in total. The van der Waals surface area contributed by atoms with Crippen molar-refractivity contribution < 1.29 is 4.39 Å². The van der Waals surface area contributed by atoms with E-state index in [0.29, 0.717) is 10.7 Å². The van der Waals surface area contributed by atoms with Gasteiger partial charge in [-0.1, -0.05) is 16.8 Å². The van der Waals surface area contributed by atoms with Gasteiger partial charge in [0.05, 0.1) is 23.1 Å². The minimum Gasteiger partial charge on any atom is -0.219 e. The SMILES string of the molecule is Fc1ccc(Cl)c(-n2ccnn2)c1. The Kier molecular flexibility index (Phi) is 1.98. The standard InChI is InChI=1S/C8H5ClFN3/c9-7-2-1-6(10)5-8(7)13-4-3-11-12-13/h1-5H. The van der Waals surface area contributed by atoms with Crippen molar-refractivity contribution in [3.8, 4) is 5.69 Å². The molecule has 0 atom stereocenters. The number of hydrogen-bond acceptors (Lipinski definition) is 2. The zero-order valence-electron chi connectivity index (χ0n) is 6.48. The molecule has 0 amide bonds. The molecule has 0 unspecified atom stereocenters. The zero-order chi connectivity index (χ0) is 9.26. The van der Waals surface area contributed by atoms with Gasteiger partial charge in [-0.05, 0) is 12.1 Å². The molecule has 0 aliphatic carbocycles. The molecule has 0 aliphatic heterocycles. The van der Waals surface area contributed by atoms with Gasteiger partial charge in [-0.2, -0.15) is 0 Å². The average Bonchev–Trinajstić information content (AvgIpc) is 2.61. The predicted octanol–water partition coefficient (Wildman–Crippen LogP) is 2.06. The first-order chi connectivity index (χ1) is 6.27. The van der Waals surface area contributed by atoms with Crippen LogP contribution in [0.1, 0.15) is 0 Å². The van der Waals surface area contributed by atoms with Gasteiger partial charge in [-0.3, -0.25) is 0 Å². The molecule has 0 spiro atoms. The summed E-state index contributed by atoms with van der Waals surface area (Å²) in [5.74, 6) is -0.352. The summed E-state index contributed by atoms with van der Waals surface area (Å²) in [7, 11) is 0. The van der Waals surface area contributed by atoms with Crippen LogP contribution in [0.15, 0.2) is 30.6 Å². The molecule has 0 radical (unpaired) electrons. The molecular weight excluding hydrogens is 193 g/mol. The van der Waals surface area contributed by atoms with Crippen molar-refractivity contribution in [3.63, 3.8) is 0 Å². The summed E-state index contributed by atoms with van der Waals surface area (Å²) in [5.41, 5.74) is 0.485. The third-order valence-electron chi connectivity index (χ3n) is 1.58. The Morgan fingerprint density at radius 3 is 2.92 bits per heavy atom. The van der Waals surface area contributed by atoms with E-state index in [1.54, 1.807) is 6.20 Å². The summed E-state index contributed by atoms with van der Waals surface area (Å²) in [6.07, 6.45) is 3.10. The van der Waals surface area contributed by atoms with Crippen LogP contribution in [0.4, 0.5) is 4.39 Å². The van der Waals surface area contributed by atoms with Gasteiger partial charge < -0.3 is 0 Å². The van der Waals surface area contributed by atoms with E-state index >= 15 is 0 Å². The lowest BCUT2D eigenvalue weighted by atomic mass is 10.3. The highest BCUT2D eigenvalue weighted by atomic mass is 35.5. The lowest BCUT2D eigenvalue weighted by molar-refractivity contribution is 0.625. The van der Waals surface area contributed by atoms with Crippen LogP contribution in [0, 0.1) is 5.82 Å². The Morgan fingerprint density at radius 1 is 1.38 bits per heavy atom. The predicted molar refractivity (Wildman–Crippen MR) is 46.3 cm³/mol. The highest BCUT2D eigenvalue weighted by Gasteiger charge is 2.04. The molecule has 1 aromatic heterocycles. The molecule has 0 N–H and O–H groups in total. The number of aromatic nitrogens is 3. The summed E-state index contributed by atoms with van der Waals surface area (Å²) < 4.78 is 14.2. The summed E-state index contributed by atoms with van der Waals surface area (Å²) >= 11 is 5.83. The normalized spacial score (nSPS) is 10.3. The van der Waals surface area contributed by atoms with Gasteiger partial charge in [0, 0.05) is 6.07 Å². The molecule has 1 heterocycles. The summed E-state index contributed by atoms with van der Waals surface area (Å²) in [5, 5.41) is 7.74. The molecule has 0 fully saturated rings. The lowest BCUT2D eigenvalue weighted by Gasteiger charge is -2.02. The third-order valence-corrected chi connectivity index (χ3v) is 1.90. The lowest BCUT2D eigenvalue weighted by Crippen LogP contribution is -1.96. The van der Waals surface area contributed by atoms with Crippen LogP contribution >= 0.6 is 11.6 Å². The molecule has 0 aliphatic rings. The van der Waals surface area contributed by atoms with Crippen molar-refractivity contribution in [2.24, 2.45) is 0 Å². The molecule has 1 aromatic carbocycles. The Morgan fingerprint density at radius 2 is 2.23 bits per heavy atom. The van der Waals surface area contributed by atoms with Gasteiger partial charge in [0.25, 0.3) is 0 Å². The second-order valence-corrected chi connectivity index (χ2v) is 2.85. The molecule has 0 saturated carbocycles. The van der Waals surface area contributed by atoms with Crippen LogP contribution in [0.25, 0.3) is 5.69 Å². The van der Waals surface area contributed by atoms with Gasteiger partial charge >= 0.3 is 0 Å². The van der Waals surface area contributed by atoms with Gasteiger partial charge in [0.1, 0.15) is 5.82 Å². The first kappa shape index (κ1) is 8.19. The highest BCUT2D eigenvalue weighted by molar-refractivity contribution is 6.32. The maximum absolute atomic E-state index is 12.8. The van der Waals surface area contributed by atoms with Crippen molar-refractivity contribution in [1.29, 1.82) is 0 Å². The first-order valence-electron chi connectivity index (χ1n) is 3.59. The molecular formula is C8H5ClFN3. The zero-order valence-corrected chi connectivity index (χ0v) is 7.24. The summed E-state index contributed by atoms with van der Waals surface area (Å²) in [6, 6.07) is 4.08. The molecule has 2 rings (SSSR count). The maximum Gasteiger partial charge on any atom is 0.125 e. The van der Waals surface area contributed by atoms with Gasteiger partial charge in [-0.25, -0.2) is 9.07 Å².